The summed E-state index contributed by atoms with van der Waals surface area (Å²) in [6, 6.07) is 9.50. The largest absolute Gasteiger partial charge is 0.345 e. The average Bonchev–Trinajstić information content (AvgIpc) is 2.86. The Morgan fingerprint density at radius 2 is 1.65 bits per heavy atom. The summed E-state index contributed by atoms with van der Waals surface area (Å²) in [5, 5.41) is 3.64. The third kappa shape index (κ3) is 3.37. The van der Waals surface area contributed by atoms with Crippen molar-refractivity contribution in [3.05, 3.63) is 46.4 Å². The molecule has 1 aliphatic rings. The molecular formula is C18H23N5O2S. The van der Waals surface area contributed by atoms with Crippen LogP contribution in [0.2, 0.25) is 0 Å². The van der Waals surface area contributed by atoms with Crippen LogP contribution in [0.25, 0.3) is 5.69 Å². The number of carbonyl (C=O) groups is 1. The maximum Gasteiger partial charge on any atom is 0.295 e. The minimum absolute atomic E-state index is 0.0770. The number of hydrogen-bond acceptors (Lipinski definition) is 3. The molecule has 0 spiro atoms. The van der Waals surface area contributed by atoms with E-state index in [2.05, 4.69) is 5.32 Å². The Labute approximate surface area is 157 Å². The molecule has 26 heavy (non-hydrogen) atoms. The van der Waals surface area contributed by atoms with Crippen LogP contribution in [-0.4, -0.2) is 56.4 Å². The highest BCUT2D eigenvalue weighted by molar-refractivity contribution is 7.80. The van der Waals surface area contributed by atoms with Crippen molar-refractivity contribution in [2.75, 3.05) is 31.5 Å². The van der Waals surface area contributed by atoms with Gasteiger partial charge in [-0.05, 0) is 31.3 Å². The second-order valence-corrected chi connectivity index (χ2v) is 6.75. The van der Waals surface area contributed by atoms with Gasteiger partial charge in [0.15, 0.2) is 5.11 Å². The fraction of sp³-hybridized carbons (Fsp3) is 0.389. The number of piperazine rings is 1. The van der Waals surface area contributed by atoms with E-state index < -0.39 is 0 Å². The highest BCUT2D eigenvalue weighted by Crippen LogP contribution is 2.15. The van der Waals surface area contributed by atoms with E-state index in [0.717, 1.165) is 11.4 Å². The summed E-state index contributed by atoms with van der Waals surface area (Å²) in [5.74, 6) is 0.0770. The lowest BCUT2D eigenvalue weighted by atomic mass is 10.3. The predicted octanol–water partition coefficient (Wildman–Crippen LogP) is 1.35. The van der Waals surface area contributed by atoms with E-state index in [1.165, 1.54) is 0 Å². The predicted molar refractivity (Wildman–Crippen MR) is 106 cm³/mol. The van der Waals surface area contributed by atoms with E-state index in [9.17, 15) is 9.59 Å². The molecule has 1 saturated heterocycles. The first-order valence-corrected chi connectivity index (χ1v) is 8.96. The number of benzene rings is 1. The molecule has 0 aliphatic carbocycles. The second kappa shape index (κ2) is 7.33. The van der Waals surface area contributed by atoms with Gasteiger partial charge >= 0.3 is 0 Å². The molecule has 2 aromatic rings. The van der Waals surface area contributed by atoms with Crippen LogP contribution in [0.15, 0.2) is 35.1 Å². The van der Waals surface area contributed by atoms with Gasteiger partial charge in [-0.2, -0.15) is 0 Å². The summed E-state index contributed by atoms with van der Waals surface area (Å²) < 4.78 is 3.43. The Balaban J connectivity index is 1.80. The number of anilines is 1. The Kier molecular flexibility index (Phi) is 5.13. The first-order valence-electron chi connectivity index (χ1n) is 8.55. The number of rotatable bonds is 2. The summed E-state index contributed by atoms with van der Waals surface area (Å²) >= 11 is 5.50. The van der Waals surface area contributed by atoms with Gasteiger partial charge in [-0.15, -0.1) is 0 Å². The molecular weight excluding hydrogens is 350 g/mol. The molecule has 0 saturated carbocycles. The monoisotopic (exact) mass is 373 g/mol. The molecule has 1 amide bonds. The van der Waals surface area contributed by atoms with Gasteiger partial charge in [0.25, 0.3) is 5.56 Å². The van der Waals surface area contributed by atoms with Crippen LogP contribution in [0.5, 0.6) is 0 Å². The SMILES string of the molecule is CC(=O)N1CCN(C(=S)Nc2c(C)n(C)n(-c3ccccc3)c2=O)CC1. The van der Waals surface area contributed by atoms with Crippen molar-refractivity contribution in [3.63, 3.8) is 0 Å². The molecule has 1 N–H and O–H groups in total. The van der Waals surface area contributed by atoms with E-state index in [0.29, 0.717) is 37.0 Å². The molecule has 0 bridgehead atoms. The average molecular weight is 373 g/mol. The van der Waals surface area contributed by atoms with Gasteiger partial charge in [-0.3, -0.25) is 14.3 Å². The lowest BCUT2D eigenvalue weighted by Crippen LogP contribution is -2.51. The molecule has 8 heteroatoms. The molecule has 2 heterocycles. The quantitative estimate of drug-likeness (QED) is 0.805. The zero-order valence-corrected chi connectivity index (χ0v) is 16.0. The van der Waals surface area contributed by atoms with Crippen LogP contribution in [0.3, 0.4) is 0 Å². The Bertz CT molecular complexity index is 879. The summed E-state index contributed by atoms with van der Waals surface area (Å²) in [5.41, 5.74) is 1.96. The van der Waals surface area contributed by atoms with Crippen molar-refractivity contribution in [1.82, 2.24) is 19.2 Å². The fourth-order valence-corrected chi connectivity index (χ4v) is 3.41. The molecule has 0 atom stereocenters. The lowest BCUT2D eigenvalue weighted by Gasteiger charge is -2.35. The van der Waals surface area contributed by atoms with Crippen molar-refractivity contribution in [3.8, 4) is 5.69 Å². The standard InChI is InChI=1S/C18H23N5O2S/c1-13-16(17(25)23(20(13)3)15-7-5-4-6-8-15)19-18(26)22-11-9-21(10-12-22)14(2)24/h4-8H,9-12H2,1-3H3,(H,19,26). The van der Waals surface area contributed by atoms with E-state index in [1.807, 2.05) is 53.9 Å². The molecule has 0 radical (unpaired) electrons. The number of hydrogen-bond donors (Lipinski definition) is 1. The maximum atomic E-state index is 12.9. The first kappa shape index (κ1) is 18.2. The first-order chi connectivity index (χ1) is 12.4. The van der Waals surface area contributed by atoms with Crippen LogP contribution >= 0.6 is 12.2 Å². The van der Waals surface area contributed by atoms with E-state index >= 15 is 0 Å². The normalized spacial score (nSPS) is 14.4. The summed E-state index contributed by atoms with van der Waals surface area (Å²) in [6.07, 6.45) is 0. The van der Waals surface area contributed by atoms with E-state index in [1.54, 1.807) is 16.5 Å². The molecule has 1 fully saturated rings. The van der Waals surface area contributed by atoms with Crippen LogP contribution in [0.1, 0.15) is 12.6 Å². The fourth-order valence-electron chi connectivity index (χ4n) is 3.12. The Morgan fingerprint density at radius 3 is 2.23 bits per heavy atom. The third-order valence-electron chi connectivity index (χ3n) is 4.80. The molecule has 1 aromatic heterocycles. The number of nitrogens with one attached hydrogen (secondary N) is 1. The second-order valence-electron chi connectivity index (χ2n) is 6.36. The van der Waals surface area contributed by atoms with Crippen LogP contribution in [0.4, 0.5) is 5.69 Å². The van der Waals surface area contributed by atoms with E-state index in [4.69, 9.17) is 12.2 Å². The van der Waals surface area contributed by atoms with Gasteiger partial charge in [0.05, 0.1) is 11.4 Å². The molecule has 138 valence electrons. The van der Waals surface area contributed by atoms with Crippen molar-refractivity contribution in [2.24, 2.45) is 7.05 Å². The zero-order valence-electron chi connectivity index (χ0n) is 15.2. The van der Waals surface area contributed by atoms with Crippen molar-refractivity contribution in [1.29, 1.82) is 0 Å². The zero-order chi connectivity index (χ0) is 18.8. The summed E-state index contributed by atoms with van der Waals surface area (Å²) in [7, 11) is 1.85. The molecule has 3 rings (SSSR count). The van der Waals surface area contributed by atoms with Gasteiger partial charge < -0.3 is 15.1 Å². The Hall–Kier alpha value is -2.61. The van der Waals surface area contributed by atoms with Gasteiger partial charge in [-0.1, -0.05) is 18.2 Å². The van der Waals surface area contributed by atoms with Crippen molar-refractivity contribution >= 4 is 28.9 Å². The minimum Gasteiger partial charge on any atom is -0.345 e. The lowest BCUT2D eigenvalue weighted by molar-refractivity contribution is -0.130. The molecule has 0 unspecified atom stereocenters. The maximum absolute atomic E-state index is 12.9. The summed E-state index contributed by atoms with van der Waals surface area (Å²) in [6.45, 7) is 6.05. The van der Waals surface area contributed by atoms with Gasteiger partial charge in [0.1, 0.15) is 5.69 Å². The van der Waals surface area contributed by atoms with Crippen LogP contribution in [0, 0.1) is 6.92 Å². The Morgan fingerprint density at radius 1 is 1.08 bits per heavy atom. The van der Waals surface area contributed by atoms with Gasteiger partial charge in [-0.25, -0.2) is 4.68 Å². The van der Waals surface area contributed by atoms with Crippen LogP contribution < -0.4 is 10.9 Å². The van der Waals surface area contributed by atoms with E-state index in [-0.39, 0.29) is 11.5 Å². The number of aromatic nitrogens is 2. The smallest absolute Gasteiger partial charge is 0.295 e. The highest BCUT2D eigenvalue weighted by Gasteiger charge is 2.23. The van der Waals surface area contributed by atoms with Crippen LogP contribution in [-0.2, 0) is 11.8 Å². The van der Waals surface area contributed by atoms with Gasteiger partial charge in [0, 0.05) is 40.2 Å². The number of amides is 1. The minimum atomic E-state index is -0.138. The third-order valence-corrected chi connectivity index (χ3v) is 5.16. The number of carbonyl (C=O) groups excluding carboxylic acids is 1. The number of nitrogens with zero attached hydrogens (tertiary/aromatic N) is 4. The molecule has 1 aromatic carbocycles. The highest BCUT2D eigenvalue weighted by atomic mass is 32.1. The van der Waals surface area contributed by atoms with Crippen molar-refractivity contribution in [2.45, 2.75) is 13.8 Å². The molecule has 7 nitrogen and oxygen atoms in total. The van der Waals surface area contributed by atoms with Crippen molar-refractivity contribution < 1.29 is 4.79 Å². The van der Waals surface area contributed by atoms with Gasteiger partial charge in [0.2, 0.25) is 5.91 Å². The number of para-hydroxylation sites is 1. The molecule has 1 aliphatic heterocycles. The summed E-state index contributed by atoms with van der Waals surface area (Å²) in [4.78, 5) is 28.2. The number of thiocarbonyl (C=S) groups is 1. The topological polar surface area (TPSA) is 62.5 Å².